The maximum atomic E-state index is 12.0. The minimum atomic E-state index is -2.81. The number of hydrogen-bond acceptors (Lipinski definition) is 3. The van der Waals surface area contributed by atoms with E-state index < -0.39 is 6.61 Å². The van der Waals surface area contributed by atoms with Gasteiger partial charge >= 0.3 is 6.61 Å². The highest BCUT2D eigenvalue weighted by Gasteiger charge is 2.09. The Morgan fingerprint density at radius 3 is 2.40 bits per heavy atom. The van der Waals surface area contributed by atoms with Crippen molar-refractivity contribution >= 4 is 5.91 Å². The number of carbonyl (C=O) groups excluding carboxylic acids is 1. The van der Waals surface area contributed by atoms with Gasteiger partial charge in [0.05, 0.1) is 0 Å². The third-order valence-electron chi connectivity index (χ3n) is 2.89. The maximum absolute atomic E-state index is 12.0. The number of halogens is 2. The molecular weight excluding hydrogens is 266 g/mol. The molecule has 0 spiro atoms. The van der Waals surface area contributed by atoms with Crippen molar-refractivity contribution in [2.75, 3.05) is 20.6 Å². The van der Waals surface area contributed by atoms with E-state index >= 15 is 0 Å². The molecule has 0 aromatic heterocycles. The Morgan fingerprint density at radius 2 is 1.90 bits per heavy atom. The van der Waals surface area contributed by atoms with Crippen molar-refractivity contribution in [3.8, 4) is 5.75 Å². The molecule has 1 rings (SSSR count). The number of carbonyl (C=O) groups is 1. The lowest BCUT2D eigenvalue weighted by atomic mass is 10.1. The zero-order chi connectivity index (χ0) is 15.1. The first-order chi connectivity index (χ1) is 9.40. The summed E-state index contributed by atoms with van der Waals surface area (Å²) in [5, 5.41) is 3.21. The van der Waals surface area contributed by atoms with Crippen molar-refractivity contribution in [3.63, 3.8) is 0 Å². The third-order valence-corrected chi connectivity index (χ3v) is 2.89. The van der Waals surface area contributed by atoms with Crippen molar-refractivity contribution in [2.45, 2.75) is 26.0 Å². The maximum Gasteiger partial charge on any atom is 0.387 e. The molecule has 0 heterocycles. The molecule has 6 heteroatoms. The van der Waals surface area contributed by atoms with Gasteiger partial charge in [-0.15, -0.1) is 0 Å². The molecule has 1 aromatic rings. The lowest BCUT2D eigenvalue weighted by Gasteiger charge is -2.16. The SMILES string of the molecule is CC(NCCC(=O)N(C)C)c1ccc(OC(F)F)cc1. The number of amides is 1. The molecule has 1 N–H and O–H groups in total. The van der Waals surface area contributed by atoms with Crippen LogP contribution in [0.3, 0.4) is 0 Å². The van der Waals surface area contributed by atoms with Crippen molar-refractivity contribution in [1.29, 1.82) is 0 Å². The zero-order valence-electron chi connectivity index (χ0n) is 11.9. The number of alkyl halides is 2. The summed E-state index contributed by atoms with van der Waals surface area (Å²) < 4.78 is 28.3. The van der Waals surface area contributed by atoms with Crippen molar-refractivity contribution in [2.24, 2.45) is 0 Å². The van der Waals surface area contributed by atoms with Gasteiger partial charge in [-0.05, 0) is 24.6 Å². The molecule has 1 aromatic carbocycles. The summed E-state index contributed by atoms with van der Waals surface area (Å²) in [6, 6.07) is 6.49. The Kier molecular flexibility index (Phi) is 6.38. The molecule has 1 atom stereocenters. The Bertz CT molecular complexity index is 422. The van der Waals surface area contributed by atoms with E-state index in [0.29, 0.717) is 13.0 Å². The van der Waals surface area contributed by atoms with Crippen LogP contribution in [0.1, 0.15) is 24.9 Å². The molecule has 0 aliphatic heterocycles. The summed E-state index contributed by atoms with van der Waals surface area (Å²) >= 11 is 0. The number of nitrogens with zero attached hydrogens (tertiary/aromatic N) is 1. The first-order valence-electron chi connectivity index (χ1n) is 6.38. The van der Waals surface area contributed by atoms with E-state index in [9.17, 15) is 13.6 Å². The molecule has 0 aliphatic rings. The molecule has 4 nitrogen and oxygen atoms in total. The molecule has 1 amide bonds. The summed E-state index contributed by atoms with van der Waals surface area (Å²) in [6.45, 7) is -0.301. The molecule has 20 heavy (non-hydrogen) atoms. The summed E-state index contributed by atoms with van der Waals surface area (Å²) in [6.07, 6.45) is 0.421. The molecule has 0 fully saturated rings. The number of ether oxygens (including phenoxy) is 1. The van der Waals surface area contributed by atoms with Gasteiger partial charge in [0.15, 0.2) is 0 Å². The second-order valence-corrected chi connectivity index (χ2v) is 4.66. The molecule has 112 valence electrons. The van der Waals surface area contributed by atoms with Crippen molar-refractivity contribution < 1.29 is 18.3 Å². The van der Waals surface area contributed by atoms with Crippen LogP contribution in [0.25, 0.3) is 0 Å². The zero-order valence-corrected chi connectivity index (χ0v) is 11.9. The molecule has 0 saturated heterocycles. The molecule has 1 unspecified atom stereocenters. The fourth-order valence-electron chi connectivity index (χ4n) is 1.68. The van der Waals surface area contributed by atoms with Crippen LogP contribution in [0.2, 0.25) is 0 Å². The Hall–Kier alpha value is -1.69. The molecule has 0 aliphatic carbocycles. The highest BCUT2D eigenvalue weighted by Crippen LogP contribution is 2.19. The van der Waals surface area contributed by atoms with Gasteiger partial charge in [0.25, 0.3) is 0 Å². The Balaban J connectivity index is 2.43. The van der Waals surface area contributed by atoms with E-state index in [0.717, 1.165) is 5.56 Å². The van der Waals surface area contributed by atoms with Gasteiger partial charge < -0.3 is 15.0 Å². The largest absolute Gasteiger partial charge is 0.435 e. The van der Waals surface area contributed by atoms with Gasteiger partial charge in [-0.1, -0.05) is 12.1 Å². The Labute approximate surface area is 117 Å². The lowest BCUT2D eigenvalue weighted by Crippen LogP contribution is -2.28. The van der Waals surface area contributed by atoms with Gasteiger partial charge in [-0.3, -0.25) is 4.79 Å². The normalized spacial score (nSPS) is 12.3. The predicted octanol–water partition coefficient (Wildman–Crippen LogP) is 2.42. The van der Waals surface area contributed by atoms with E-state index in [1.54, 1.807) is 31.1 Å². The average molecular weight is 286 g/mol. The van der Waals surface area contributed by atoms with E-state index in [1.165, 1.54) is 12.1 Å². The smallest absolute Gasteiger partial charge is 0.387 e. The minimum Gasteiger partial charge on any atom is -0.435 e. The fourth-order valence-corrected chi connectivity index (χ4v) is 1.68. The van der Waals surface area contributed by atoms with Crippen molar-refractivity contribution in [3.05, 3.63) is 29.8 Å². The van der Waals surface area contributed by atoms with Gasteiger partial charge in [0, 0.05) is 33.1 Å². The van der Waals surface area contributed by atoms with Gasteiger partial charge in [-0.2, -0.15) is 8.78 Å². The average Bonchev–Trinajstić information content (AvgIpc) is 2.38. The van der Waals surface area contributed by atoms with Crippen LogP contribution >= 0.6 is 0 Å². The monoisotopic (exact) mass is 286 g/mol. The number of hydrogen-bond donors (Lipinski definition) is 1. The summed E-state index contributed by atoms with van der Waals surface area (Å²) in [5.41, 5.74) is 0.948. The van der Waals surface area contributed by atoms with E-state index in [4.69, 9.17) is 0 Å². The van der Waals surface area contributed by atoms with Crippen LogP contribution in [0, 0.1) is 0 Å². The van der Waals surface area contributed by atoms with Crippen LogP contribution in [-0.4, -0.2) is 38.1 Å². The van der Waals surface area contributed by atoms with Crippen LogP contribution in [0.5, 0.6) is 5.75 Å². The molecule has 0 bridgehead atoms. The first kappa shape index (κ1) is 16.4. The minimum absolute atomic E-state index is 0.0329. The van der Waals surface area contributed by atoms with Crippen LogP contribution in [-0.2, 0) is 4.79 Å². The second-order valence-electron chi connectivity index (χ2n) is 4.66. The van der Waals surface area contributed by atoms with Crippen LogP contribution in [0.15, 0.2) is 24.3 Å². The van der Waals surface area contributed by atoms with E-state index in [2.05, 4.69) is 10.1 Å². The van der Waals surface area contributed by atoms with Gasteiger partial charge in [0.1, 0.15) is 5.75 Å². The molecule has 0 radical (unpaired) electrons. The third kappa shape index (κ3) is 5.52. The van der Waals surface area contributed by atoms with Crippen molar-refractivity contribution in [1.82, 2.24) is 10.2 Å². The van der Waals surface area contributed by atoms with E-state index in [1.807, 2.05) is 6.92 Å². The number of rotatable bonds is 7. The van der Waals surface area contributed by atoms with Gasteiger partial charge in [-0.25, -0.2) is 0 Å². The first-order valence-corrected chi connectivity index (χ1v) is 6.38. The topological polar surface area (TPSA) is 41.6 Å². The van der Waals surface area contributed by atoms with Crippen LogP contribution < -0.4 is 10.1 Å². The van der Waals surface area contributed by atoms with Crippen LogP contribution in [0.4, 0.5) is 8.78 Å². The highest BCUT2D eigenvalue weighted by atomic mass is 19.3. The molecular formula is C14H20F2N2O2. The quantitative estimate of drug-likeness (QED) is 0.837. The fraction of sp³-hybridized carbons (Fsp3) is 0.500. The van der Waals surface area contributed by atoms with E-state index in [-0.39, 0.29) is 17.7 Å². The summed E-state index contributed by atoms with van der Waals surface area (Å²) in [5.74, 6) is 0.198. The number of benzene rings is 1. The van der Waals surface area contributed by atoms with Gasteiger partial charge in [0.2, 0.25) is 5.91 Å². The standard InChI is InChI=1S/C14H20F2N2O2/c1-10(17-9-8-13(19)18(2)3)11-4-6-12(7-5-11)20-14(15)16/h4-7,10,14,17H,8-9H2,1-3H3. The summed E-state index contributed by atoms with van der Waals surface area (Å²) in [7, 11) is 3.43. The molecule has 0 saturated carbocycles. The summed E-state index contributed by atoms with van der Waals surface area (Å²) in [4.78, 5) is 13.0. The number of nitrogens with one attached hydrogen (secondary N) is 1. The Morgan fingerprint density at radius 1 is 1.30 bits per heavy atom. The predicted molar refractivity (Wildman–Crippen MR) is 72.8 cm³/mol. The lowest BCUT2D eigenvalue weighted by molar-refractivity contribution is -0.128. The highest BCUT2D eigenvalue weighted by molar-refractivity contribution is 5.75. The second kappa shape index (κ2) is 7.79.